The molecule has 31 heavy (non-hydrogen) atoms. The van der Waals surface area contributed by atoms with Gasteiger partial charge in [0.1, 0.15) is 0 Å². The Bertz CT molecular complexity index is 750. The molecule has 0 radical (unpaired) electrons. The molecule has 0 saturated heterocycles. The van der Waals surface area contributed by atoms with E-state index in [0.717, 1.165) is 19.3 Å². The van der Waals surface area contributed by atoms with E-state index in [1.807, 2.05) is 0 Å². The Balaban J connectivity index is 0.00000900. The molecule has 7 nitrogen and oxygen atoms in total. The van der Waals surface area contributed by atoms with Gasteiger partial charge in [-0.15, -0.1) is 0 Å². The van der Waals surface area contributed by atoms with Crippen LogP contribution >= 0.6 is 0 Å². The zero-order chi connectivity index (χ0) is 22.2. The van der Waals surface area contributed by atoms with E-state index in [2.05, 4.69) is 6.92 Å². The summed E-state index contributed by atoms with van der Waals surface area (Å²) in [7, 11) is -4.27. The maximum Gasteiger partial charge on any atom is 1.00 e. The maximum absolute atomic E-state index is 12.3. The van der Waals surface area contributed by atoms with Gasteiger partial charge in [0.25, 0.3) is 0 Å². The second-order valence-electron chi connectivity index (χ2n) is 7.26. The molecule has 0 N–H and O–H groups in total. The van der Waals surface area contributed by atoms with E-state index in [9.17, 15) is 22.6 Å². The van der Waals surface area contributed by atoms with Crippen molar-refractivity contribution in [3.63, 3.8) is 0 Å². The second kappa shape index (κ2) is 18.2. The summed E-state index contributed by atoms with van der Waals surface area (Å²) < 4.78 is 42.0. The van der Waals surface area contributed by atoms with E-state index in [0.29, 0.717) is 6.61 Å². The van der Waals surface area contributed by atoms with Crippen molar-refractivity contribution in [2.45, 2.75) is 71.1 Å². The summed E-state index contributed by atoms with van der Waals surface area (Å²) in [5, 5.41) is 0. The molecule has 1 aromatic rings. The van der Waals surface area contributed by atoms with Crippen LogP contribution in [0.25, 0.3) is 0 Å². The van der Waals surface area contributed by atoms with Crippen LogP contribution in [-0.4, -0.2) is 43.9 Å². The number of esters is 2. The van der Waals surface area contributed by atoms with E-state index in [1.165, 1.54) is 44.2 Å². The summed E-state index contributed by atoms with van der Waals surface area (Å²) in [6.07, 6.45) is 9.50. The summed E-state index contributed by atoms with van der Waals surface area (Å²) >= 11 is 0. The third-order valence-corrected chi connectivity index (χ3v) is 5.41. The minimum atomic E-state index is -4.27. The molecule has 0 aliphatic heterocycles. The molecule has 0 amide bonds. The van der Waals surface area contributed by atoms with Gasteiger partial charge in [-0.1, -0.05) is 64.0 Å². The Morgan fingerprint density at radius 3 is 1.65 bits per heavy atom. The van der Waals surface area contributed by atoms with Gasteiger partial charge in [-0.25, -0.2) is 18.0 Å². The molecule has 0 aliphatic carbocycles. The summed E-state index contributed by atoms with van der Waals surface area (Å²) in [4.78, 5) is 24.6. The number of rotatable bonds is 16. The number of carbonyl (C=O) groups is 2. The first kappa shape index (κ1) is 30.7. The van der Waals surface area contributed by atoms with Crippen LogP contribution in [0.3, 0.4) is 0 Å². The van der Waals surface area contributed by atoms with Crippen molar-refractivity contribution < 1.29 is 83.4 Å². The fourth-order valence-electron chi connectivity index (χ4n) is 2.94. The minimum Gasteiger partial charge on any atom is -0.748 e. The van der Waals surface area contributed by atoms with E-state index in [4.69, 9.17) is 9.47 Å². The third kappa shape index (κ3) is 15.2. The molecular weight excluding hydrogens is 447 g/mol. The van der Waals surface area contributed by atoms with Gasteiger partial charge in [0.2, 0.25) is 0 Å². The van der Waals surface area contributed by atoms with Crippen LogP contribution in [0, 0.1) is 0 Å². The second-order valence-corrected chi connectivity index (χ2v) is 8.78. The van der Waals surface area contributed by atoms with Gasteiger partial charge in [0.05, 0.1) is 34.5 Å². The van der Waals surface area contributed by atoms with Crippen molar-refractivity contribution in [2.75, 3.05) is 19.0 Å². The quantitative estimate of drug-likeness (QED) is 0.152. The topological polar surface area (TPSA) is 110 Å². The number of benzene rings is 1. The van der Waals surface area contributed by atoms with Crippen molar-refractivity contribution >= 4 is 22.1 Å². The fraction of sp³-hybridized carbons (Fsp3) is 0.636. The van der Waals surface area contributed by atoms with Gasteiger partial charge in [-0.2, -0.15) is 0 Å². The molecule has 0 fully saturated rings. The molecule has 0 spiro atoms. The zero-order valence-electron chi connectivity index (χ0n) is 18.8. The number of carbonyl (C=O) groups excluding carboxylic acids is 2. The molecule has 1 rings (SSSR count). The average molecular weight is 481 g/mol. The monoisotopic (exact) mass is 480 g/mol. The summed E-state index contributed by atoms with van der Waals surface area (Å²) in [6, 6.07) is 6.26. The van der Waals surface area contributed by atoms with Crippen molar-refractivity contribution in [3.8, 4) is 0 Å². The van der Waals surface area contributed by atoms with Crippen LogP contribution in [0.5, 0.6) is 0 Å². The normalized spacial score (nSPS) is 10.9. The Morgan fingerprint density at radius 2 is 1.19 bits per heavy atom. The molecule has 0 heterocycles. The first-order valence-electron chi connectivity index (χ1n) is 10.7. The molecule has 0 bridgehead atoms. The van der Waals surface area contributed by atoms with E-state index in [1.54, 1.807) is 12.1 Å². The molecule has 170 valence electrons. The van der Waals surface area contributed by atoms with Crippen molar-refractivity contribution in [1.82, 2.24) is 0 Å². The number of unbranched alkanes of at least 4 members (excludes halogenated alkanes) is 8. The molecule has 0 unspecified atom stereocenters. The zero-order valence-corrected chi connectivity index (χ0v) is 22.7. The summed E-state index contributed by atoms with van der Waals surface area (Å²) in [5.41, 5.74) is 0.249. The number of hydrogen-bond acceptors (Lipinski definition) is 7. The standard InChI is InChI=1S/C22H34O7S.K/c1-2-3-4-5-6-7-8-11-16-28-21(23)19-14-9-10-15-20(19)22(24)29-17-12-13-18-30(25,26)27;/h9-10,14-15H,2-8,11-13,16-18H2,1H3,(H,25,26,27);/q;+1/p-1. The molecular formula is C22H33KO7S. The predicted molar refractivity (Wildman–Crippen MR) is 113 cm³/mol. The van der Waals surface area contributed by atoms with Gasteiger partial charge in [-0.05, 0) is 31.4 Å². The molecule has 0 saturated carbocycles. The van der Waals surface area contributed by atoms with Crippen LogP contribution in [0.4, 0.5) is 0 Å². The average Bonchev–Trinajstić information content (AvgIpc) is 2.71. The summed E-state index contributed by atoms with van der Waals surface area (Å²) in [6.45, 7) is 2.47. The van der Waals surface area contributed by atoms with Crippen LogP contribution in [0.1, 0.15) is 91.8 Å². The first-order chi connectivity index (χ1) is 14.3. The van der Waals surface area contributed by atoms with E-state index in [-0.39, 0.29) is 82.0 Å². The van der Waals surface area contributed by atoms with Gasteiger partial charge in [0, 0.05) is 5.75 Å². The Labute approximate surface area is 228 Å². The predicted octanol–water partition coefficient (Wildman–Crippen LogP) is 1.47. The third-order valence-electron chi connectivity index (χ3n) is 4.62. The van der Waals surface area contributed by atoms with E-state index >= 15 is 0 Å². The smallest absolute Gasteiger partial charge is 0.748 e. The van der Waals surface area contributed by atoms with Gasteiger partial charge in [0.15, 0.2) is 0 Å². The van der Waals surface area contributed by atoms with Crippen LogP contribution in [0.15, 0.2) is 24.3 Å². The molecule has 1 aromatic carbocycles. The fourth-order valence-corrected chi connectivity index (χ4v) is 3.50. The molecule has 0 aliphatic rings. The Morgan fingerprint density at radius 1 is 0.774 bits per heavy atom. The Hall–Kier alpha value is -0.294. The number of hydrogen-bond donors (Lipinski definition) is 0. The van der Waals surface area contributed by atoms with Gasteiger partial charge < -0.3 is 14.0 Å². The molecule has 0 atom stereocenters. The van der Waals surface area contributed by atoms with Crippen LogP contribution < -0.4 is 51.4 Å². The SMILES string of the molecule is CCCCCCCCCCOC(=O)c1ccccc1C(=O)OCCCCS(=O)(=O)[O-].[K+]. The van der Waals surface area contributed by atoms with Crippen molar-refractivity contribution in [3.05, 3.63) is 35.4 Å². The Kier molecular flexibility index (Phi) is 18.0. The number of ether oxygens (including phenoxy) is 2. The summed E-state index contributed by atoms with van der Waals surface area (Å²) in [5.74, 6) is -1.74. The molecule has 9 heteroatoms. The van der Waals surface area contributed by atoms with Crippen molar-refractivity contribution in [1.29, 1.82) is 0 Å². The van der Waals surface area contributed by atoms with Crippen LogP contribution in [-0.2, 0) is 19.6 Å². The maximum atomic E-state index is 12.3. The van der Waals surface area contributed by atoms with Gasteiger partial charge >= 0.3 is 63.3 Å². The molecule has 0 aromatic heterocycles. The largest absolute Gasteiger partial charge is 1.00 e. The van der Waals surface area contributed by atoms with Crippen LogP contribution in [0.2, 0.25) is 0 Å². The van der Waals surface area contributed by atoms with Crippen molar-refractivity contribution in [2.24, 2.45) is 0 Å². The minimum absolute atomic E-state index is 0. The first-order valence-corrected chi connectivity index (χ1v) is 12.3. The van der Waals surface area contributed by atoms with Gasteiger partial charge in [-0.3, -0.25) is 0 Å². The van der Waals surface area contributed by atoms with E-state index < -0.39 is 27.8 Å².